The summed E-state index contributed by atoms with van der Waals surface area (Å²) in [6, 6.07) is -0.371. The number of amides is 2. The van der Waals surface area contributed by atoms with Crippen molar-refractivity contribution in [2.75, 3.05) is 43.5 Å². The van der Waals surface area contributed by atoms with Gasteiger partial charge in [-0.25, -0.2) is 14.8 Å². The molecule has 0 unspecified atom stereocenters. The van der Waals surface area contributed by atoms with Gasteiger partial charge in [-0.3, -0.25) is 4.79 Å². The third kappa shape index (κ3) is 8.33. The standard InChI is InChI=1S/C23H40N6O3S/c1-15(2)14-29(17-10-16(11-24-12-17)27-22(31)32)20(30)18-13-26-21(23(3,4)5)28-19(18)25-8-7-9-33-6/h13,15-17,24,27H,7-12,14H2,1-6H3,(H,31,32)(H,25,26,28)/t16-,17+/m1/s1. The molecular formula is C23H40N6O3S. The summed E-state index contributed by atoms with van der Waals surface area (Å²) >= 11 is 1.79. The molecule has 1 aliphatic heterocycles. The Hall–Kier alpha value is -2.07. The number of carbonyl (C=O) groups is 2. The molecule has 0 spiro atoms. The molecule has 186 valence electrons. The van der Waals surface area contributed by atoms with Gasteiger partial charge in [0.05, 0.1) is 0 Å². The largest absolute Gasteiger partial charge is 0.465 e. The van der Waals surface area contributed by atoms with E-state index in [2.05, 4.69) is 61.8 Å². The van der Waals surface area contributed by atoms with Crippen molar-refractivity contribution in [3.63, 3.8) is 0 Å². The van der Waals surface area contributed by atoms with E-state index in [0.717, 1.165) is 18.7 Å². The van der Waals surface area contributed by atoms with Gasteiger partial charge in [-0.05, 0) is 30.8 Å². The van der Waals surface area contributed by atoms with Crippen molar-refractivity contribution in [3.05, 3.63) is 17.6 Å². The first-order valence-corrected chi connectivity index (χ1v) is 13.0. The molecule has 2 amide bonds. The maximum Gasteiger partial charge on any atom is 0.404 e. The van der Waals surface area contributed by atoms with Crippen LogP contribution in [0.1, 0.15) is 63.6 Å². The second-order valence-electron chi connectivity index (χ2n) is 10.0. The van der Waals surface area contributed by atoms with Gasteiger partial charge in [0.2, 0.25) is 0 Å². The van der Waals surface area contributed by atoms with E-state index in [1.165, 1.54) is 0 Å². The van der Waals surface area contributed by atoms with Crippen LogP contribution in [-0.4, -0.2) is 82.2 Å². The van der Waals surface area contributed by atoms with Crippen molar-refractivity contribution < 1.29 is 14.7 Å². The third-order valence-corrected chi connectivity index (χ3v) is 6.12. The topological polar surface area (TPSA) is 119 Å². The van der Waals surface area contributed by atoms with Gasteiger partial charge in [-0.2, -0.15) is 11.8 Å². The van der Waals surface area contributed by atoms with Crippen molar-refractivity contribution in [2.45, 2.75) is 65.0 Å². The molecule has 0 aliphatic carbocycles. The number of rotatable bonds is 10. The van der Waals surface area contributed by atoms with Crippen molar-refractivity contribution in [1.29, 1.82) is 0 Å². The van der Waals surface area contributed by atoms with Gasteiger partial charge in [-0.15, -0.1) is 0 Å². The zero-order valence-electron chi connectivity index (χ0n) is 20.8. The van der Waals surface area contributed by atoms with Gasteiger partial charge in [0.25, 0.3) is 5.91 Å². The van der Waals surface area contributed by atoms with E-state index in [1.54, 1.807) is 18.0 Å². The highest BCUT2D eigenvalue weighted by Gasteiger charge is 2.33. The Morgan fingerprint density at radius 3 is 2.67 bits per heavy atom. The molecule has 2 rings (SSSR count). The lowest BCUT2D eigenvalue weighted by Crippen LogP contribution is -2.57. The summed E-state index contributed by atoms with van der Waals surface area (Å²) in [7, 11) is 0. The van der Waals surface area contributed by atoms with Crippen LogP contribution >= 0.6 is 11.8 Å². The maximum absolute atomic E-state index is 13.8. The van der Waals surface area contributed by atoms with Crippen LogP contribution in [0.2, 0.25) is 0 Å². The zero-order valence-corrected chi connectivity index (χ0v) is 21.6. The minimum Gasteiger partial charge on any atom is -0.465 e. The fourth-order valence-electron chi connectivity index (χ4n) is 3.84. The Labute approximate surface area is 201 Å². The second-order valence-corrected chi connectivity index (χ2v) is 11.0. The smallest absolute Gasteiger partial charge is 0.404 e. The minimum absolute atomic E-state index is 0.126. The molecule has 1 aliphatic rings. The second kappa shape index (κ2) is 12.4. The third-order valence-electron chi connectivity index (χ3n) is 5.43. The SMILES string of the molecule is CSCCCNc1nc(C(C)(C)C)ncc1C(=O)N(CC(C)C)[C@@H]1CNC[C@H](NC(=O)O)C1. The van der Waals surface area contributed by atoms with E-state index in [1.807, 2.05) is 4.90 Å². The first-order valence-electron chi connectivity index (χ1n) is 11.6. The highest BCUT2D eigenvalue weighted by Crippen LogP contribution is 2.24. The maximum atomic E-state index is 13.8. The Balaban J connectivity index is 2.34. The lowest BCUT2D eigenvalue weighted by Gasteiger charge is -2.39. The monoisotopic (exact) mass is 480 g/mol. The Morgan fingerprint density at radius 1 is 1.33 bits per heavy atom. The van der Waals surface area contributed by atoms with E-state index in [0.29, 0.717) is 43.3 Å². The van der Waals surface area contributed by atoms with Gasteiger partial charge in [0, 0.05) is 49.9 Å². The number of hydrogen-bond donors (Lipinski definition) is 4. The van der Waals surface area contributed by atoms with E-state index in [9.17, 15) is 9.59 Å². The van der Waals surface area contributed by atoms with Crippen molar-refractivity contribution in [3.8, 4) is 0 Å². The molecule has 1 saturated heterocycles. The van der Waals surface area contributed by atoms with Crippen LogP contribution in [0.25, 0.3) is 0 Å². The molecule has 2 atom stereocenters. The van der Waals surface area contributed by atoms with Gasteiger partial charge in [0.1, 0.15) is 17.2 Å². The Bertz CT molecular complexity index is 799. The normalized spacial score (nSPS) is 18.8. The van der Waals surface area contributed by atoms with Crippen LogP contribution < -0.4 is 16.0 Å². The summed E-state index contributed by atoms with van der Waals surface area (Å²) in [6.07, 6.45) is 4.20. The van der Waals surface area contributed by atoms with Crippen LogP contribution in [0.5, 0.6) is 0 Å². The number of aromatic nitrogens is 2. The molecule has 4 N–H and O–H groups in total. The molecule has 1 aromatic rings. The number of anilines is 1. The zero-order chi connectivity index (χ0) is 24.6. The molecule has 2 heterocycles. The number of carboxylic acid groups (broad SMARTS) is 1. The van der Waals surface area contributed by atoms with Crippen LogP contribution in [0.4, 0.5) is 10.6 Å². The summed E-state index contributed by atoms with van der Waals surface area (Å²) in [4.78, 5) is 36.1. The minimum atomic E-state index is -1.05. The lowest BCUT2D eigenvalue weighted by atomic mass is 9.95. The van der Waals surface area contributed by atoms with Gasteiger partial charge in [-0.1, -0.05) is 34.6 Å². The fourth-order valence-corrected chi connectivity index (χ4v) is 4.28. The van der Waals surface area contributed by atoms with Crippen molar-refractivity contribution >= 4 is 29.6 Å². The lowest BCUT2D eigenvalue weighted by molar-refractivity contribution is 0.0603. The predicted octanol–water partition coefficient (Wildman–Crippen LogP) is 3.04. The van der Waals surface area contributed by atoms with E-state index in [4.69, 9.17) is 10.1 Å². The van der Waals surface area contributed by atoms with Gasteiger partial charge in [0.15, 0.2) is 0 Å². The molecule has 1 fully saturated rings. The van der Waals surface area contributed by atoms with E-state index >= 15 is 0 Å². The van der Waals surface area contributed by atoms with Crippen molar-refractivity contribution in [2.24, 2.45) is 5.92 Å². The summed E-state index contributed by atoms with van der Waals surface area (Å²) in [5.41, 5.74) is 0.221. The molecule has 0 bridgehead atoms. The van der Waals surface area contributed by atoms with Gasteiger partial charge < -0.3 is 26.0 Å². The van der Waals surface area contributed by atoms with Crippen molar-refractivity contribution in [1.82, 2.24) is 25.5 Å². The average molecular weight is 481 g/mol. The molecular weight excluding hydrogens is 440 g/mol. The summed E-state index contributed by atoms with van der Waals surface area (Å²) in [5, 5.41) is 18.3. The highest BCUT2D eigenvalue weighted by atomic mass is 32.2. The van der Waals surface area contributed by atoms with Crippen LogP contribution in [0.3, 0.4) is 0 Å². The first kappa shape index (κ1) is 27.2. The molecule has 0 radical (unpaired) electrons. The van der Waals surface area contributed by atoms with E-state index < -0.39 is 6.09 Å². The molecule has 0 saturated carbocycles. The van der Waals surface area contributed by atoms with Crippen LogP contribution in [0.15, 0.2) is 6.20 Å². The average Bonchev–Trinajstić information content (AvgIpc) is 2.73. The number of carbonyl (C=O) groups excluding carboxylic acids is 1. The summed E-state index contributed by atoms with van der Waals surface area (Å²) in [6.45, 7) is 12.8. The molecule has 1 aromatic heterocycles. The Kier molecular flexibility index (Phi) is 10.2. The quantitative estimate of drug-likeness (QED) is 0.377. The fraction of sp³-hybridized carbons (Fsp3) is 0.739. The number of nitrogens with one attached hydrogen (secondary N) is 3. The summed E-state index contributed by atoms with van der Waals surface area (Å²) in [5.74, 6) is 2.41. The number of piperidine rings is 1. The summed E-state index contributed by atoms with van der Waals surface area (Å²) < 4.78 is 0. The van der Waals surface area contributed by atoms with Crippen LogP contribution in [-0.2, 0) is 5.41 Å². The molecule has 10 heteroatoms. The van der Waals surface area contributed by atoms with E-state index in [-0.39, 0.29) is 29.3 Å². The molecule has 33 heavy (non-hydrogen) atoms. The first-order chi connectivity index (χ1) is 15.5. The predicted molar refractivity (Wildman–Crippen MR) is 134 cm³/mol. The van der Waals surface area contributed by atoms with Crippen LogP contribution in [0, 0.1) is 5.92 Å². The molecule has 0 aromatic carbocycles. The number of hydrogen-bond acceptors (Lipinski definition) is 7. The number of thioether (sulfide) groups is 1. The molecule has 9 nitrogen and oxygen atoms in total. The van der Waals surface area contributed by atoms with Gasteiger partial charge >= 0.3 is 6.09 Å². The highest BCUT2D eigenvalue weighted by molar-refractivity contribution is 7.98. The number of nitrogens with zero attached hydrogens (tertiary/aromatic N) is 3. The Morgan fingerprint density at radius 2 is 2.06 bits per heavy atom.